The first kappa shape index (κ1) is 11.2. The maximum atomic E-state index is 10.8. The third-order valence-corrected chi connectivity index (χ3v) is 2.39. The zero-order valence-electron chi connectivity index (χ0n) is 8.41. The summed E-state index contributed by atoms with van der Waals surface area (Å²) in [4.78, 5) is 10.8. The fourth-order valence-corrected chi connectivity index (χ4v) is 1.80. The van der Waals surface area contributed by atoms with E-state index < -0.39 is 5.97 Å². The first-order valence-corrected chi connectivity index (χ1v) is 5.36. The molecule has 1 heterocycles. The van der Waals surface area contributed by atoms with Crippen molar-refractivity contribution in [1.82, 2.24) is 9.78 Å². The number of carboxylic acids is 1. The van der Waals surface area contributed by atoms with Crippen molar-refractivity contribution >= 4 is 21.9 Å². The molecule has 5 heteroatoms. The van der Waals surface area contributed by atoms with Gasteiger partial charge < -0.3 is 5.11 Å². The van der Waals surface area contributed by atoms with E-state index in [-0.39, 0.29) is 11.1 Å². The first-order valence-electron chi connectivity index (χ1n) is 4.24. The Bertz CT molecular complexity index is 352. The number of alkyl halides is 1. The number of carboxylic acid groups (broad SMARTS) is 1. The SMILES string of the molecule is CC(C)(C)n1ncc(C(=O)O)c1CBr. The highest BCUT2D eigenvalue weighted by Gasteiger charge is 2.22. The Labute approximate surface area is 91.1 Å². The third kappa shape index (κ3) is 1.97. The van der Waals surface area contributed by atoms with Gasteiger partial charge in [0, 0.05) is 5.33 Å². The fraction of sp³-hybridized carbons (Fsp3) is 0.556. The van der Waals surface area contributed by atoms with Gasteiger partial charge in [0.1, 0.15) is 5.56 Å². The average Bonchev–Trinajstić information content (AvgIpc) is 2.45. The van der Waals surface area contributed by atoms with Crippen LogP contribution in [0.3, 0.4) is 0 Å². The van der Waals surface area contributed by atoms with Gasteiger partial charge in [-0.3, -0.25) is 4.68 Å². The molecule has 4 nitrogen and oxygen atoms in total. The van der Waals surface area contributed by atoms with Crippen LogP contribution in [0.15, 0.2) is 6.20 Å². The number of aromatic carboxylic acids is 1. The molecular weight excluding hydrogens is 248 g/mol. The van der Waals surface area contributed by atoms with Gasteiger partial charge in [-0.2, -0.15) is 5.10 Å². The highest BCUT2D eigenvalue weighted by atomic mass is 79.9. The summed E-state index contributed by atoms with van der Waals surface area (Å²) in [6.07, 6.45) is 1.39. The van der Waals surface area contributed by atoms with Crippen LogP contribution in [-0.4, -0.2) is 20.9 Å². The second-order valence-electron chi connectivity index (χ2n) is 4.03. The Morgan fingerprint density at radius 1 is 1.64 bits per heavy atom. The van der Waals surface area contributed by atoms with Gasteiger partial charge in [-0.1, -0.05) is 15.9 Å². The van der Waals surface area contributed by atoms with Crippen LogP contribution in [0.25, 0.3) is 0 Å². The minimum atomic E-state index is -0.935. The second kappa shape index (κ2) is 3.73. The Morgan fingerprint density at radius 2 is 2.21 bits per heavy atom. The van der Waals surface area contributed by atoms with E-state index in [1.165, 1.54) is 6.20 Å². The molecule has 0 bridgehead atoms. The molecule has 0 fully saturated rings. The lowest BCUT2D eigenvalue weighted by atomic mass is 10.1. The van der Waals surface area contributed by atoms with Crippen molar-refractivity contribution in [2.24, 2.45) is 0 Å². The zero-order valence-corrected chi connectivity index (χ0v) is 10.00. The van der Waals surface area contributed by atoms with Crippen LogP contribution in [0.2, 0.25) is 0 Å². The molecular formula is C9H13BrN2O2. The smallest absolute Gasteiger partial charge is 0.339 e. The lowest BCUT2D eigenvalue weighted by Gasteiger charge is -2.21. The average molecular weight is 261 g/mol. The molecule has 0 saturated carbocycles. The van der Waals surface area contributed by atoms with Gasteiger partial charge in [-0.25, -0.2) is 4.79 Å². The van der Waals surface area contributed by atoms with E-state index in [0.717, 1.165) is 0 Å². The lowest BCUT2D eigenvalue weighted by molar-refractivity contribution is 0.0695. The van der Waals surface area contributed by atoms with Gasteiger partial charge in [0.15, 0.2) is 0 Å². The van der Waals surface area contributed by atoms with Gasteiger partial charge in [0.25, 0.3) is 0 Å². The summed E-state index contributed by atoms with van der Waals surface area (Å²) in [5, 5.41) is 13.5. The van der Waals surface area contributed by atoms with Crippen molar-refractivity contribution < 1.29 is 9.90 Å². The van der Waals surface area contributed by atoms with Crippen LogP contribution >= 0.6 is 15.9 Å². The molecule has 1 aromatic rings. The number of carbonyl (C=O) groups is 1. The Balaban J connectivity index is 3.28. The minimum absolute atomic E-state index is 0.198. The zero-order chi connectivity index (χ0) is 10.9. The molecule has 0 unspecified atom stereocenters. The maximum Gasteiger partial charge on any atom is 0.339 e. The van der Waals surface area contributed by atoms with E-state index in [1.807, 2.05) is 20.8 Å². The van der Waals surface area contributed by atoms with Gasteiger partial charge >= 0.3 is 5.97 Å². The molecule has 0 radical (unpaired) electrons. The van der Waals surface area contributed by atoms with E-state index >= 15 is 0 Å². The largest absolute Gasteiger partial charge is 0.478 e. The van der Waals surface area contributed by atoms with Crippen LogP contribution in [0.5, 0.6) is 0 Å². The van der Waals surface area contributed by atoms with E-state index in [2.05, 4.69) is 21.0 Å². The number of hydrogen-bond donors (Lipinski definition) is 1. The summed E-state index contributed by atoms with van der Waals surface area (Å²) in [7, 11) is 0. The highest BCUT2D eigenvalue weighted by Crippen LogP contribution is 2.21. The number of nitrogens with zero attached hydrogens (tertiary/aromatic N) is 2. The molecule has 1 N–H and O–H groups in total. The number of aromatic nitrogens is 2. The van der Waals surface area contributed by atoms with Crippen molar-refractivity contribution in [3.8, 4) is 0 Å². The Hall–Kier alpha value is -0.840. The van der Waals surface area contributed by atoms with Crippen LogP contribution in [-0.2, 0) is 10.9 Å². The molecule has 0 saturated heterocycles. The lowest BCUT2D eigenvalue weighted by Crippen LogP contribution is -2.25. The van der Waals surface area contributed by atoms with Gasteiger partial charge in [-0.05, 0) is 20.8 Å². The van der Waals surface area contributed by atoms with Crippen molar-refractivity contribution in [1.29, 1.82) is 0 Å². The van der Waals surface area contributed by atoms with E-state index in [4.69, 9.17) is 5.11 Å². The summed E-state index contributed by atoms with van der Waals surface area (Å²) in [6, 6.07) is 0. The van der Waals surface area contributed by atoms with Gasteiger partial charge in [0.2, 0.25) is 0 Å². The van der Waals surface area contributed by atoms with Gasteiger partial charge in [0.05, 0.1) is 17.4 Å². The Kier molecular flexibility index (Phi) is 2.99. The van der Waals surface area contributed by atoms with E-state index in [9.17, 15) is 4.79 Å². The highest BCUT2D eigenvalue weighted by molar-refractivity contribution is 9.08. The summed E-state index contributed by atoms with van der Waals surface area (Å²) in [5.74, 6) is -0.935. The third-order valence-electron chi connectivity index (χ3n) is 1.86. The predicted molar refractivity (Wildman–Crippen MR) is 56.8 cm³/mol. The first-order chi connectivity index (χ1) is 6.38. The van der Waals surface area contributed by atoms with Crippen molar-refractivity contribution in [3.05, 3.63) is 17.5 Å². The predicted octanol–water partition coefficient (Wildman–Crippen LogP) is 2.23. The summed E-state index contributed by atoms with van der Waals surface area (Å²) in [6.45, 7) is 5.95. The van der Waals surface area contributed by atoms with Crippen LogP contribution in [0.4, 0.5) is 0 Å². The van der Waals surface area contributed by atoms with Crippen LogP contribution in [0, 0.1) is 0 Å². The van der Waals surface area contributed by atoms with Crippen molar-refractivity contribution in [2.75, 3.05) is 0 Å². The molecule has 0 aliphatic rings. The molecule has 0 spiro atoms. The fourth-order valence-electron chi connectivity index (χ4n) is 1.26. The topological polar surface area (TPSA) is 55.1 Å². The number of halogens is 1. The summed E-state index contributed by atoms with van der Waals surface area (Å²) >= 11 is 3.27. The van der Waals surface area contributed by atoms with E-state index in [0.29, 0.717) is 11.0 Å². The molecule has 1 aromatic heterocycles. The molecule has 0 aliphatic heterocycles. The number of hydrogen-bond acceptors (Lipinski definition) is 2. The van der Waals surface area contributed by atoms with Crippen LogP contribution in [0.1, 0.15) is 36.8 Å². The molecule has 78 valence electrons. The molecule has 0 atom stereocenters. The molecule has 14 heavy (non-hydrogen) atoms. The number of rotatable bonds is 2. The monoisotopic (exact) mass is 260 g/mol. The van der Waals surface area contributed by atoms with Crippen molar-refractivity contribution in [2.45, 2.75) is 31.6 Å². The Morgan fingerprint density at radius 3 is 2.57 bits per heavy atom. The van der Waals surface area contributed by atoms with Crippen LogP contribution < -0.4 is 0 Å². The quantitative estimate of drug-likeness (QED) is 0.830. The normalized spacial score (nSPS) is 11.7. The van der Waals surface area contributed by atoms with Crippen molar-refractivity contribution in [3.63, 3.8) is 0 Å². The molecule has 0 aromatic carbocycles. The van der Waals surface area contributed by atoms with E-state index in [1.54, 1.807) is 4.68 Å². The van der Waals surface area contributed by atoms with Gasteiger partial charge in [-0.15, -0.1) is 0 Å². The molecule has 1 rings (SSSR count). The summed E-state index contributed by atoms with van der Waals surface area (Å²) < 4.78 is 1.73. The minimum Gasteiger partial charge on any atom is -0.478 e. The summed E-state index contributed by atoms with van der Waals surface area (Å²) in [5.41, 5.74) is 0.762. The molecule has 0 aliphatic carbocycles. The molecule has 0 amide bonds. The second-order valence-corrected chi connectivity index (χ2v) is 4.59. The standard InChI is InChI=1S/C9H13BrN2O2/c1-9(2,3)12-7(4-10)6(5-11-12)8(13)14/h5H,4H2,1-3H3,(H,13,14). The maximum absolute atomic E-state index is 10.8.